The average Bonchev–Trinajstić information content (AvgIpc) is 3.48. The molecule has 1 heterocycles. The van der Waals surface area contributed by atoms with Crippen molar-refractivity contribution in [3.8, 4) is 0 Å². The molecule has 1 saturated heterocycles. The van der Waals surface area contributed by atoms with E-state index < -0.39 is 0 Å². The summed E-state index contributed by atoms with van der Waals surface area (Å²) in [7, 11) is 9.00. The van der Waals surface area contributed by atoms with Crippen molar-refractivity contribution < 1.29 is 57.8 Å². The highest BCUT2D eigenvalue weighted by Crippen LogP contribution is 2.07. The zero-order valence-electron chi connectivity index (χ0n) is 53.8. The predicted molar refractivity (Wildman–Crippen MR) is 333 cm³/mol. The molecule has 0 aliphatic carbocycles. The molecule has 0 atom stereocenters. The Morgan fingerprint density at radius 2 is 0.693 bits per heavy atom. The maximum absolute atomic E-state index is 10.7. The van der Waals surface area contributed by atoms with Crippen LogP contribution in [0, 0.1) is 11.8 Å². The summed E-state index contributed by atoms with van der Waals surface area (Å²) in [4.78, 5) is 84.6. The number of carbonyl (C=O) groups is 10. The summed E-state index contributed by atoms with van der Waals surface area (Å²) in [6.45, 7) is 57.5. The molecule has 1 aromatic carbocycles. The van der Waals surface area contributed by atoms with Crippen molar-refractivity contribution in [2.24, 2.45) is 46.2 Å². The SMILES string of the molecule is C=O.C=O.C=O.C=O.C=O.C=O.C=O.C=O.C=O.CC.CC.CC(=O)N1CCCCC1.CC(C)O.CCC(C)C.CCC(C)C.CCOC(C)(C)C.CCc1ccccc1.CN.CN.CN.CN.CN.CN.N.N.N. The number of ether oxygens (including phenoxy) is 1. The van der Waals surface area contributed by atoms with E-state index in [0.29, 0.717) is 0 Å². The zero-order valence-corrected chi connectivity index (χ0v) is 53.8. The van der Waals surface area contributed by atoms with Gasteiger partial charge in [0.15, 0.2) is 0 Å². The second kappa shape index (κ2) is 275. The minimum Gasteiger partial charge on any atom is -0.394 e. The number of carbonyl (C=O) groups excluding carboxylic acids is 10. The van der Waals surface area contributed by atoms with E-state index in [-0.39, 0.29) is 36.1 Å². The van der Waals surface area contributed by atoms with Crippen molar-refractivity contribution in [3.63, 3.8) is 0 Å². The van der Waals surface area contributed by atoms with Crippen LogP contribution in [0.5, 0.6) is 0 Å². The summed E-state index contributed by atoms with van der Waals surface area (Å²) in [5.74, 6) is 2.00. The van der Waals surface area contributed by atoms with Crippen LogP contribution in [-0.2, 0) is 59.1 Å². The number of aryl methyl sites for hydroxylation is 1. The normalized spacial score (nSPS) is 7.36. The van der Waals surface area contributed by atoms with Crippen molar-refractivity contribution >= 4 is 67.0 Å². The number of benzene rings is 1. The molecule has 1 aliphatic rings. The van der Waals surface area contributed by atoms with Gasteiger partial charge >= 0.3 is 0 Å². The lowest BCUT2D eigenvalue weighted by Gasteiger charge is -2.24. The largest absolute Gasteiger partial charge is 0.394 e. The van der Waals surface area contributed by atoms with Crippen molar-refractivity contribution in [3.05, 3.63) is 35.9 Å². The van der Waals surface area contributed by atoms with Crippen LogP contribution in [0.25, 0.3) is 0 Å². The molecule has 2 rings (SSSR count). The summed E-state index contributed by atoms with van der Waals surface area (Å²) in [5.41, 5.74) is 28.5. The van der Waals surface area contributed by atoms with Crippen LogP contribution in [0.1, 0.15) is 162 Å². The third kappa shape index (κ3) is 491. The molecule has 0 unspecified atom stereocenters. The standard InChI is InChI=1S/C8H10.C7H13NO.C6H14O.2C5H12.C3H8O.2C2H6.6CH5N.9CH2O.3H3N/c1-2-8-6-4-3-5-7-8;1-7(9)8-5-3-2-4-6-8;1-5-7-6(2,3)4;2*1-4-5(2)3;1-3(2)4;17*1-2;;;/h3-7H,2H2,1H3;2-6H2,1H3;5H2,1-4H3;2*5H,4H2,1-3H3;3-4H,1-2H3;2*1-2H3;6*2H2,1H3;9*1H2;3*1H3. The highest BCUT2D eigenvalue weighted by Gasteiger charge is 2.11. The van der Waals surface area contributed by atoms with Crippen molar-refractivity contribution in [1.29, 1.82) is 0 Å². The first-order valence-electron chi connectivity index (χ1n) is 23.2. The fraction of sp³-hybridized carbons (Fsp3) is 0.698. The predicted octanol–water partition coefficient (Wildman–Crippen LogP) is 7.90. The number of likely N-dealkylation sites (tertiary alicyclic amines) is 1. The third-order valence-corrected chi connectivity index (χ3v) is 5.26. The minimum absolute atomic E-state index is 0. The molecule has 1 aromatic rings. The van der Waals surface area contributed by atoms with Gasteiger partial charge in [-0.25, -0.2) is 0 Å². The number of nitrogens with zero attached hydrogens (tertiary/aromatic N) is 1. The first-order valence-corrected chi connectivity index (χ1v) is 23.2. The number of amides is 1. The number of hydrogen-bond acceptors (Lipinski definition) is 21. The van der Waals surface area contributed by atoms with Gasteiger partial charge in [-0.3, -0.25) is 4.79 Å². The number of hydrogen-bond donors (Lipinski definition) is 10. The molecule has 0 saturated carbocycles. The Labute approximate surface area is 465 Å². The van der Waals surface area contributed by atoms with Crippen molar-refractivity contribution in [2.75, 3.05) is 62.0 Å². The summed E-state index contributed by atoms with van der Waals surface area (Å²) in [5, 5.41) is 8.06. The van der Waals surface area contributed by atoms with Gasteiger partial charge in [-0.1, -0.05) is 119 Å². The average molecular weight is 1110 g/mol. The number of aliphatic hydroxyl groups excluding tert-OH is 1. The molecule has 0 spiro atoms. The lowest BCUT2D eigenvalue weighted by molar-refractivity contribution is -0.129. The lowest BCUT2D eigenvalue weighted by atomic mass is 10.1. The van der Waals surface area contributed by atoms with Gasteiger partial charge in [0, 0.05) is 32.7 Å². The Kier molecular flexibility index (Phi) is 577. The van der Waals surface area contributed by atoms with Crippen LogP contribution in [0.15, 0.2) is 30.3 Å². The second-order valence-corrected chi connectivity index (χ2v) is 11.6. The lowest BCUT2D eigenvalue weighted by Crippen LogP contribution is -2.33. The number of piperidine rings is 1. The first kappa shape index (κ1) is 157. The Balaban J connectivity index is -0.0000000170. The number of rotatable bonds is 4. The molecule has 1 fully saturated rings. The van der Waals surface area contributed by atoms with Crippen LogP contribution in [0.2, 0.25) is 0 Å². The molecule has 0 radical (unpaired) electrons. The van der Waals surface area contributed by atoms with Gasteiger partial charge in [0.05, 0.1) is 5.60 Å². The van der Waals surface area contributed by atoms with Gasteiger partial charge in [0.1, 0.15) is 61.1 Å². The molecular formula is C53H138N10O12. The molecular weight excluding hydrogens is 969 g/mol. The number of nitrogens with two attached hydrogens (primary N) is 6. The van der Waals surface area contributed by atoms with E-state index in [1.54, 1.807) is 20.8 Å². The van der Waals surface area contributed by atoms with E-state index in [4.69, 9.17) is 53.0 Å². The van der Waals surface area contributed by atoms with Gasteiger partial charge in [-0.2, -0.15) is 0 Å². The molecule has 472 valence electrons. The maximum Gasteiger partial charge on any atom is 0.219 e. The van der Waals surface area contributed by atoms with Crippen LogP contribution in [0.3, 0.4) is 0 Å². The molecule has 22 heteroatoms. The molecule has 0 aromatic heterocycles. The molecule has 22 nitrogen and oxygen atoms in total. The Morgan fingerprint density at radius 3 is 0.773 bits per heavy atom. The molecule has 75 heavy (non-hydrogen) atoms. The van der Waals surface area contributed by atoms with Crippen LogP contribution >= 0.6 is 0 Å². The zero-order chi connectivity index (χ0) is 64.6. The van der Waals surface area contributed by atoms with Crippen LogP contribution in [0.4, 0.5) is 0 Å². The molecule has 22 N–H and O–H groups in total. The monoisotopic (exact) mass is 1110 g/mol. The summed E-state index contributed by atoms with van der Waals surface area (Å²) in [6.07, 6.45) is 7.27. The summed E-state index contributed by atoms with van der Waals surface area (Å²) in [6, 6.07) is 10.5. The van der Waals surface area contributed by atoms with Gasteiger partial charge in [0.2, 0.25) is 5.91 Å². The van der Waals surface area contributed by atoms with E-state index in [1.165, 1.54) is 80.0 Å². The smallest absolute Gasteiger partial charge is 0.219 e. The van der Waals surface area contributed by atoms with Gasteiger partial charge in [-0.15, -0.1) is 0 Å². The topological polar surface area (TPSA) is 465 Å². The quantitative estimate of drug-likeness (QED) is 0.137. The van der Waals surface area contributed by atoms with E-state index in [1.807, 2.05) is 107 Å². The van der Waals surface area contributed by atoms with E-state index in [2.05, 4.69) is 128 Å². The Hall–Kier alpha value is -4.72. The molecule has 0 bridgehead atoms. The highest BCUT2D eigenvalue weighted by molar-refractivity contribution is 5.73. The van der Waals surface area contributed by atoms with E-state index in [0.717, 1.165) is 38.0 Å². The third-order valence-electron chi connectivity index (χ3n) is 5.26. The maximum atomic E-state index is 10.7. The summed E-state index contributed by atoms with van der Waals surface area (Å²) >= 11 is 0. The Bertz CT molecular complexity index is 729. The molecule has 1 amide bonds. The molecule has 1 aliphatic heterocycles. The number of aliphatic hydroxyl groups is 1. The van der Waals surface area contributed by atoms with E-state index in [9.17, 15) is 4.79 Å². The van der Waals surface area contributed by atoms with Gasteiger partial charge in [0.25, 0.3) is 0 Å². The van der Waals surface area contributed by atoms with Gasteiger partial charge in [-0.05, 0) is 127 Å². The van der Waals surface area contributed by atoms with Crippen molar-refractivity contribution in [1.82, 2.24) is 23.4 Å². The van der Waals surface area contributed by atoms with Crippen LogP contribution in [-0.4, -0.2) is 151 Å². The van der Waals surface area contributed by atoms with Crippen molar-refractivity contribution in [2.45, 2.75) is 175 Å². The fourth-order valence-corrected chi connectivity index (χ4v) is 2.36. The van der Waals surface area contributed by atoms with Crippen LogP contribution < -0.4 is 52.9 Å². The van der Waals surface area contributed by atoms with Gasteiger partial charge < -0.3 is 111 Å². The first-order chi connectivity index (χ1) is 34.6. The fourth-order valence-electron chi connectivity index (χ4n) is 2.36. The summed E-state index contributed by atoms with van der Waals surface area (Å²) < 4.78 is 5.23. The second-order valence-electron chi connectivity index (χ2n) is 11.6. The Morgan fingerprint density at radius 1 is 0.507 bits per heavy atom. The minimum atomic E-state index is -0.167. The van der Waals surface area contributed by atoms with E-state index >= 15 is 0 Å². The highest BCUT2D eigenvalue weighted by atomic mass is 16.5.